The van der Waals surface area contributed by atoms with Crippen molar-refractivity contribution in [1.82, 2.24) is 14.1 Å². The molecule has 0 fully saturated rings. The van der Waals surface area contributed by atoms with Crippen LogP contribution in [0.25, 0.3) is 10.9 Å². The van der Waals surface area contributed by atoms with E-state index in [4.69, 9.17) is 0 Å². The first-order chi connectivity index (χ1) is 8.75. The van der Waals surface area contributed by atoms with E-state index in [0.717, 1.165) is 15.5 Å². The first-order valence-electron chi connectivity index (χ1n) is 5.59. The summed E-state index contributed by atoms with van der Waals surface area (Å²) < 4.78 is 28.2. The Balaban J connectivity index is 1.99. The van der Waals surface area contributed by atoms with Crippen molar-refractivity contribution in [2.75, 3.05) is 0 Å². The van der Waals surface area contributed by atoms with Crippen molar-refractivity contribution in [3.63, 3.8) is 0 Å². The first kappa shape index (κ1) is 11.0. The van der Waals surface area contributed by atoms with Crippen molar-refractivity contribution >= 4 is 10.9 Å². The molecule has 0 N–H and O–H groups in total. The minimum Gasteiger partial charge on any atom is -0.340 e. The lowest BCUT2D eigenvalue weighted by Crippen LogP contribution is -2.08. The molecule has 0 saturated carbocycles. The molecule has 2 heterocycles. The Morgan fingerprint density at radius 2 is 1.94 bits per heavy atom. The van der Waals surface area contributed by atoms with Crippen LogP contribution in [0.2, 0.25) is 0 Å². The van der Waals surface area contributed by atoms with Gasteiger partial charge in [-0.1, -0.05) is 18.2 Å². The van der Waals surface area contributed by atoms with E-state index < -0.39 is 6.55 Å². The topological polar surface area (TPSA) is 22.8 Å². The summed E-state index contributed by atoms with van der Waals surface area (Å²) in [6, 6.07) is 9.80. The number of fused-ring (bicyclic) bond motifs is 1. The highest BCUT2D eigenvalue weighted by molar-refractivity contribution is 5.79. The molecule has 18 heavy (non-hydrogen) atoms. The fourth-order valence-corrected chi connectivity index (χ4v) is 2.07. The van der Waals surface area contributed by atoms with Gasteiger partial charge in [-0.3, -0.25) is 4.57 Å². The van der Waals surface area contributed by atoms with Gasteiger partial charge in [-0.25, -0.2) is 4.98 Å². The van der Waals surface area contributed by atoms with Crippen molar-refractivity contribution in [3.8, 4) is 0 Å². The maximum absolute atomic E-state index is 12.7. The molecule has 0 aliphatic carbocycles. The lowest BCUT2D eigenvalue weighted by molar-refractivity contribution is 0.0667. The molecule has 3 aromatic rings. The average molecular weight is 247 g/mol. The van der Waals surface area contributed by atoms with E-state index in [1.54, 1.807) is 0 Å². The molecular weight excluding hydrogens is 236 g/mol. The highest BCUT2D eigenvalue weighted by atomic mass is 19.3. The number of rotatable bonds is 3. The van der Waals surface area contributed by atoms with Gasteiger partial charge in [-0.05, 0) is 17.5 Å². The summed E-state index contributed by atoms with van der Waals surface area (Å²) in [5.41, 5.74) is 1.02. The molecule has 0 atom stereocenters. The Bertz CT molecular complexity index is 669. The molecule has 0 saturated heterocycles. The van der Waals surface area contributed by atoms with Crippen LogP contribution in [0.3, 0.4) is 0 Å². The van der Waals surface area contributed by atoms with Gasteiger partial charge in [0.2, 0.25) is 0 Å². The quantitative estimate of drug-likeness (QED) is 0.696. The van der Waals surface area contributed by atoms with Crippen LogP contribution in [-0.4, -0.2) is 14.1 Å². The molecule has 0 unspecified atom stereocenters. The van der Waals surface area contributed by atoms with Gasteiger partial charge in [0.15, 0.2) is 0 Å². The number of halogens is 2. The van der Waals surface area contributed by atoms with E-state index in [1.165, 1.54) is 12.4 Å². The molecule has 5 heteroatoms. The standard InChI is InChI=1S/C13H11F2N3/c14-13(15)18-8-6-16-12(18)9-17-7-5-10-3-1-2-4-11(10)17/h1-8,13H,9H2. The van der Waals surface area contributed by atoms with Crippen LogP contribution in [0.15, 0.2) is 48.9 Å². The maximum Gasteiger partial charge on any atom is 0.319 e. The lowest BCUT2D eigenvalue weighted by Gasteiger charge is -2.08. The first-order valence-corrected chi connectivity index (χ1v) is 5.59. The van der Waals surface area contributed by atoms with Gasteiger partial charge in [-0.15, -0.1) is 0 Å². The van der Waals surface area contributed by atoms with Gasteiger partial charge >= 0.3 is 6.55 Å². The lowest BCUT2D eigenvalue weighted by atomic mass is 10.2. The van der Waals surface area contributed by atoms with Crippen LogP contribution >= 0.6 is 0 Å². The smallest absolute Gasteiger partial charge is 0.319 e. The molecule has 3 rings (SSSR count). The monoisotopic (exact) mass is 247 g/mol. The summed E-state index contributed by atoms with van der Waals surface area (Å²) in [4.78, 5) is 3.98. The van der Waals surface area contributed by atoms with Crippen molar-refractivity contribution < 1.29 is 8.78 Å². The molecule has 0 bridgehead atoms. The van der Waals surface area contributed by atoms with Gasteiger partial charge in [-0.2, -0.15) is 8.78 Å². The number of para-hydroxylation sites is 1. The van der Waals surface area contributed by atoms with Gasteiger partial charge in [0.05, 0.1) is 6.54 Å². The fourth-order valence-electron chi connectivity index (χ4n) is 2.07. The molecule has 3 nitrogen and oxygen atoms in total. The summed E-state index contributed by atoms with van der Waals surface area (Å²) in [6.07, 6.45) is 4.58. The minimum atomic E-state index is -2.55. The van der Waals surface area contributed by atoms with E-state index in [0.29, 0.717) is 12.4 Å². The average Bonchev–Trinajstić information content (AvgIpc) is 2.97. The van der Waals surface area contributed by atoms with Gasteiger partial charge in [0.25, 0.3) is 0 Å². The van der Waals surface area contributed by atoms with Crippen LogP contribution in [0.4, 0.5) is 8.78 Å². The molecule has 0 radical (unpaired) electrons. The Morgan fingerprint density at radius 1 is 1.11 bits per heavy atom. The van der Waals surface area contributed by atoms with Crippen LogP contribution in [0, 0.1) is 0 Å². The minimum absolute atomic E-state index is 0.338. The van der Waals surface area contributed by atoms with E-state index in [2.05, 4.69) is 4.98 Å². The molecule has 0 aliphatic rings. The molecule has 0 amide bonds. The van der Waals surface area contributed by atoms with E-state index in [1.807, 2.05) is 41.1 Å². The third-order valence-corrected chi connectivity index (χ3v) is 2.95. The molecule has 2 aromatic heterocycles. The zero-order valence-electron chi connectivity index (χ0n) is 9.50. The molecule has 0 aliphatic heterocycles. The number of aromatic nitrogens is 3. The van der Waals surface area contributed by atoms with Crippen molar-refractivity contribution in [2.24, 2.45) is 0 Å². The molecule has 92 valence electrons. The van der Waals surface area contributed by atoms with E-state index in [-0.39, 0.29) is 0 Å². The normalized spacial score (nSPS) is 11.5. The van der Waals surface area contributed by atoms with Crippen molar-refractivity contribution in [2.45, 2.75) is 13.1 Å². The van der Waals surface area contributed by atoms with Crippen molar-refractivity contribution in [3.05, 3.63) is 54.7 Å². The van der Waals surface area contributed by atoms with Crippen LogP contribution in [0.5, 0.6) is 0 Å². The highest BCUT2D eigenvalue weighted by Gasteiger charge is 2.12. The second kappa shape index (κ2) is 4.25. The van der Waals surface area contributed by atoms with E-state index >= 15 is 0 Å². The molecular formula is C13H11F2N3. The van der Waals surface area contributed by atoms with E-state index in [9.17, 15) is 8.78 Å². The summed E-state index contributed by atoms with van der Waals surface area (Å²) in [6.45, 7) is -2.21. The zero-order valence-corrected chi connectivity index (χ0v) is 9.50. The number of hydrogen-bond donors (Lipinski definition) is 0. The van der Waals surface area contributed by atoms with Crippen LogP contribution < -0.4 is 0 Å². The second-order valence-electron chi connectivity index (χ2n) is 4.03. The van der Waals surface area contributed by atoms with Gasteiger partial charge < -0.3 is 4.57 Å². The highest BCUT2D eigenvalue weighted by Crippen LogP contribution is 2.18. The number of hydrogen-bond acceptors (Lipinski definition) is 1. The van der Waals surface area contributed by atoms with Crippen LogP contribution in [-0.2, 0) is 6.54 Å². The largest absolute Gasteiger partial charge is 0.340 e. The predicted molar refractivity (Wildman–Crippen MR) is 64.5 cm³/mol. The maximum atomic E-state index is 12.7. The molecule has 1 aromatic carbocycles. The third-order valence-electron chi connectivity index (χ3n) is 2.95. The summed E-state index contributed by atoms with van der Waals surface area (Å²) in [5, 5.41) is 1.09. The Hall–Kier alpha value is -2.17. The summed E-state index contributed by atoms with van der Waals surface area (Å²) in [7, 11) is 0. The second-order valence-corrected chi connectivity index (χ2v) is 4.03. The zero-order chi connectivity index (χ0) is 12.5. The summed E-state index contributed by atoms with van der Waals surface area (Å²) in [5.74, 6) is 0.353. The van der Waals surface area contributed by atoms with Gasteiger partial charge in [0.1, 0.15) is 5.82 Å². The molecule has 0 spiro atoms. The SMILES string of the molecule is FC(F)n1ccnc1Cn1ccc2ccccc21. The number of nitrogens with zero attached hydrogens (tertiary/aromatic N) is 3. The summed E-state index contributed by atoms with van der Waals surface area (Å²) >= 11 is 0. The Morgan fingerprint density at radius 3 is 2.78 bits per heavy atom. The predicted octanol–water partition coefficient (Wildman–Crippen LogP) is 3.28. The fraction of sp³-hybridized carbons (Fsp3) is 0.154. The van der Waals surface area contributed by atoms with Gasteiger partial charge in [0, 0.05) is 24.1 Å². The Labute approximate surface area is 102 Å². The number of benzene rings is 1. The number of imidazole rings is 1. The number of alkyl halides is 2. The van der Waals surface area contributed by atoms with Crippen LogP contribution in [0.1, 0.15) is 12.4 Å². The Kier molecular flexibility index (Phi) is 2.59. The van der Waals surface area contributed by atoms with Crippen molar-refractivity contribution in [1.29, 1.82) is 0 Å². The third kappa shape index (κ3) is 1.77.